The standard InChI is InChI=1S/C23H21ClN2O3S/c1-23(2,29-18-9-6-16(24)7-10-18)22(28)25-17-8-5-15-11-12-26(19(15)14-17)21(27)20-4-3-13-30-20/h3-10,13-14H,11-12H2,1-2H3,(H,25,28). The summed E-state index contributed by atoms with van der Waals surface area (Å²) in [7, 11) is 0. The second kappa shape index (κ2) is 8.13. The number of hydrogen-bond donors (Lipinski definition) is 1. The van der Waals surface area contributed by atoms with Gasteiger partial charge in [0.2, 0.25) is 0 Å². The van der Waals surface area contributed by atoms with Crippen LogP contribution in [0.4, 0.5) is 11.4 Å². The Morgan fingerprint density at radius 1 is 1.13 bits per heavy atom. The number of anilines is 2. The Morgan fingerprint density at radius 2 is 1.90 bits per heavy atom. The second-order valence-corrected chi connectivity index (χ2v) is 8.93. The summed E-state index contributed by atoms with van der Waals surface area (Å²) in [5.74, 6) is 0.256. The second-order valence-electron chi connectivity index (χ2n) is 7.55. The number of rotatable bonds is 5. The average Bonchev–Trinajstić information content (AvgIpc) is 3.39. The topological polar surface area (TPSA) is 58.6 Å². The van der Waals surface area contributed by atoms with Gasteiger partial charge in [0.05, 0.1) is 4.88 Å². The van der Waals surface area contributed by atoms with E-state index in [9.17, 15) is 9.59 Å². The Labute approximate surface area is 184 Å². The number of nitrogens with one attached hydrogen (secondary N) is 1. The van der Waals surface area contributed by atoms with E-state index in [1.807, 2.05) is 35.7 Å². The molecule has 0 saturated carbocycles. The molecule has 5 nitrogen and oxygen atoms in total. The van der Waals surface area contributed by atoms with Crippen molar-refractivity contribution in [2.24, 2.45) is 0 Å². The van der Waals surface area contributed by atoms with Gasteiger partial charge in [-0.25, -0.2) is 0 Å². The minimum Gasteiger partial charge on any atom is -0.478 e. The number of nitrogens with zero attached hydrogens (tertiary/aromatic N) is 1. The molecular weight excluding hydrogens is 420 g/mol. The van der Waals surface area contributed by atoms with Crippen LogP contribution in [0.15, 0.2) is 60.0 Å². The highest BCUT2D eigenvalue weighted by Crippen LogP contribution is 2.33. The highest BCUT2D eigenvalue weighted by molar-refractivity contribution is 7.12. The summed E-state index contributed by atoms with van der Waals surface area (Å²) in [6.45, 7) is 4.04. The van der Waals surface area contributed by atoms with Crippen LogP contribution in [0, 0.1) is 0 Å². The molecular formula is C23H21ClN2O3S. The number of amides is 2. The van der Waals surface area contributed by atoms with Crippen molar-refractivity contribution in [3.05, 3.63) is 75.4 Å². The summed E-state index contributed by atoms with van der Waals surface area (Å²) >= 11 is 7.33. The minimum absolute atomic E-state index is 0.0152. The number of fused-ring (bicyclic) bond motifs is 1. The van der Waals surface area contributed by atoms with Gasteiger partial charge in [-0.05, 0) is 73.7 Å². The van der Waals surface area contributed by atoms with E-state index in [4.69, 9.17) is 16.3 Å². The fourth-order valence-corrected chi connectivity index (χ4v) is 4.12. The lowest BCUT2D eigenvalue weighted by Crippen LogP contribution is -2.42. The van der Waals surface area contributed by atoms with Crippen molar-refractivity contribution < 1.29 is 14.3 Å². The lowest BCUT2D eigenvalue weighted by Gasteiger charge is -2.25. The fourth-order valence-electron chi connectivity index (χ4n) is 3.33. The van der Waals surface area contributed by atoms with E-state index in [0.717, 1.165) is 17.7 Å². The Hall–Kier alpha value is -2.83. The highest BCUT2D eigenvalue weighted by atomic mass is 35.5. The highest BCUT2D eigenvalue weighted by Gasteiger charge is 2.31. The molecule has 2 amide bonds. The van der Waals surface area contributed by atoms with Crippen LogP contribution in [-0.2, 0) is 11.2 Å². The molecule has 0 atom stereocenters. The first-order valence-corrected chi connectivity index (χ1v) is 10.8. The third-order valence-electron chi connectivity index (χ3n) is 4.95. The largest absolute Gasteiger partial charge is 0.478 e. The molecule has 154 valence electrons. The van der Waals surface area contributed by atoms with Gasteiger partial charge in [0.1, 0.15) is 5.75 Å². The smallest absolute Gasteiger partial charge is 0.268 e. The molecule has 1 aliphatic rings. The van der Waals surface area contributed by atoms with Crippen molar-refractivity contribution >= 4 is 46.1 Å². The fraction of sp³-hybridized carbons (Fsp3) is 0.217. The lowest BCUT2D eigenvalue weighted by molar-refractivity contribution is -0.128. The van der Waals surface area contributed by atoms with Crippen LogP contribution in [0.5, 0.6) is 5.75 Å². The molecule has 1 aromatic heterocycles. The zero-order valence-electron chi connectivity index (χ0n) is 16.6. The van der Waals surface area contributed by atoms with Crippen molar-refractivity contribution in [1.82, 2.24) is 0 Å². The van der Waals surface area contributed by atoms with Gasteiger partial charge in [0.15, 0.2) is 5.60 Å². The van der Waals surface area contributed by atoms with Gasteiger partial charge in [0, 0.05) is 22.9 Å². The van der Waals surface area contributed by atoms with Gasteiger partial charge in [-0.2, -0.15) is 0 Å². The molecule has 0 spiro atoms. The monoisotopic (exact) mass is 440 g/mol. The van der Waals surface area contributed by atoms with E-state index in [2.05, 4.69) is 5.32 Å². The van der Waals surface area contributed by atoms with E-state index >= 15 is 0 Å². The molecule has 7 heteroatoms. The zero-order chi connectivity index (χ0) is 21.3. The molecule has 0 radical (unpaired) electrons. The first-order valence-electron chi connectivity index (χ1n) is 9.58. The predicted octanol–water partition coefficient (Wildman–Crippen LogP) is 5.40. The first-order chi connectivity index (χ1) is 14.3. The van der Waals surface area contributed by atoms with Crippen LogP contribution in [0.1, 0.15) is 29.1 Å². The van der Waals surface area contributed by atoms with Gasteiger partial charge in [0.25, 0.3) is 11.8 Å². The van der Waals surface area contributed by atoms with Gasteiger partial charge in [-0.3, -0.25) is 9.59 Å². The molecule has 0 saturated heterocycles. The van der Waals surface area contributed by atoms with Gasteiger partial charge in [-0.15, -0.1) is 11.3 Å². The number of halogens is 1. The number of hydrogen-bond acceptors (Lipinski definition) is 4. The first kappa shape index (κ1) is 20.4. The van der Waals surface area contributed by atoms with E-state index in [1.165, 1.54) is 11.3 Å². The molecule has 0 aliphatic carbocycles. The van der Waals surface area contributed by atoms with Crippen LogP contribution >= 0.6 is 22.9 Å². The van der Waals surface area contributed by atoms with Crippen LogP contribution in [0.2, 0.25) is 5.02 Å². The predicted molar refractivity (Wildman–Crippen MR) is 121 cm³/mol. The maximum absolute atomic E-state index is 12.9. The molecule has 30 heavy (non-hydrogen) atoms. The number of thiophene rings is 1. The summed E-state index contributed by atoms with van der Waals surface area (Å²) in [5, 5.41) is 5.41. The summed E-state index contributed by atoms with van der Waals surface area (Å²) in [5.41, 5.74) is 1.45. The number of carbonyl (C=O) groups is 2. The van der Waals surface area contributed by atoms with Crippen LogP contribution in [-0.4, -0.2) is 24.0 Å². The van der Waals surface area contributed by atoms with Gasteiger partial charge >= 0.3 is 0 Å². The minimum atomic E-state index is -1.10. The molecule has 3 aromatic rings. The molecule has 1 aliphatic heterocycles. The third-order valence-corrected chi connectivity index (χ3v) is 6.06. The lowest BCUT2D eigenvalue weighted by atomic mass is 10.1. The van der Waals surface area contributed by atoms with Crippen molar-refractivity contribution in [3.63, 3.8) is 0 Å². The Bertz CT molecular complexity index is 1080. The van der Waals surface area contributed by atoms with Gasteiger partial charge in [-0.1, -0.05) is 23.7 Å². The van der Waals surface area contributed by atoms with Crippen LogP contribution in [0.3, 0.4) is 0 Å². The average molecular weight is 441 g/mol. The van der Waals surface area contributed by atoms with Crippen molar-refractivity contribution in [1.29, 1.82) is 0 Å². The summed E-state index contributed by atoms with van der Waals surface area (Å²) in [4.78, 5) is 28.2. The number of ether oxygens (including phenoxy) is 1. The van der Waals surface area contributed by atoms with E-state index in [1.54, 1.807) is 43.0 Å². The Kier molecular flexibility index (Phi) is 5.54. The van der Waals surface area contributed by atoms with E-state index < -0.39 is 5.60 Å². The van der Waals surface area contributed by atoms with Gasteiger partial charge < -0.3 is 15.0 Å². The van der Waals surface area contributed by atoms with E-state index in [0.29, 0.717) is 27.9 Å². The Morgan fingerprint density at radius 3 is 2.60 bits per heavy atom. The number of carbonyl (C=O) groups excluding carboxylic acids is 2. The molecule has 1 N–H and O–H groups in total. The summed E-state index contributed by atoms with van der Waals surface area (Å²) < 4.78 is 5.86. The summed E-state index contributed by atoms with van der Waals surface area (Å²) in [6.07, 6.45) is 0.797. The van der Waals surface area contributed by atoms with Crippen molar-refractivity contribution in [2.75, 3.05) is 16.8 Å². The van der Waals surface area contributed by atoms with Crippen LogP contribution < -0.4 is 15.0 Å². The third kappa shape index (κ3) is 4.20. The quantitative estimate of drug-likeness (QED) is 0.577. The normalized spacial score (nSPS) is 13.1. The maximum Gasteiger partial charge on any atom is 0.268 e. The maximum atomic E-state index is 12.9. The SMILES string of the molecule is CC(C)(Oc1ccc(Cl)cc1)C(=O)Nc1ccc2c(c1)N(C(=O)c1cccs1)CC2. The van der Waals surface area contributed by atoms with Crippen molar-refractivity contribution in [2.45, 2.75) is 25.9 Å². The molecule has 0 fully saturated rings. The molecule has 2 heterocycles. The Balaban J connectivity index is 1.50. The molecule has 0 bridgehead atoms. The summed E-state index contributed by atoms with van der Waals surface area (Å²) in [6, 6.07) is 16.2. The van der Waals surface area contributed by atoms with Crippen molar-refractivity contribution in [3.8, 4) is 5.75 Å². The van der Waals surface area contributed by atoms with E-state index in [-0.39, 0.29) is 11.8 Å². The molecule has 0 unspecified atom stereocenters. The number of benzene rings is 2. The van der Waals surface area contributed by atoms with Crippen LogP contribution in [0.25, 0.3) is 0 Å². The zero-order valence-corrected chi connectivity index (χ0v) is 18.2. The molecule has 4 rings (SSSR count). The molecule has 2 aromatic carbocycles.